The quantitative estimate of drug-likeness (QED) is 0.894. The predicted molar refractivity (Wildman–Crippen MR) is 72.8 cm³/mol. The van der Waals surface area contributed by atoms with Crippen LogP contribution in [0, 0.1) is 12.7 Å². The minimum atomic E-state index is -0.265. The number of ether oxygens (including phenoxy) is 1. The van der Waals surface area contributed by atoms with E-state index in [0.29, 0.717) is 18.2 Å². The molecule has 0 saturated carbocycles. The number of hydrogen-bond acceptors (Lipinski definition) is 3. The lowest BCUT2D eigenvalue weighted by Crippen LogP contribution is -2.12. The van der Waals surface area contributed by atoms with Crippen molar-refractivity contribution in [3.05, 3.63) is 53.5 Å². The smallest absolute Gasteiger partial charge is 0.223 e. The highest BCUT2D eigenvalue weighted by atomic mass is 19.1. The van der Waals surface area contributed by atoms with Gasteiger partial charge in [0.05, 0.1) is 0 Å². The van der Waals surface area contributed by atoms with E-state index in [1.165, 1.54) is 12.1 Å². The summed E-state index contributed by atoms with van der Waals surface area (Å²) in [4.78, 5) is 4.23. The molecule has 19 heavy (non-hydrogen) atoms. The van der Waals surface area contributed by atoms with E-state index in [4.69, 9.17) is 4.74 Å². The summed E-state index contributed by atoms with van der Waals surface area (Å²) in [5.74, 6) is 0.912. The Labute approximate surface area is 112 Å². The van der Waals surface area contributed by atoms with Crippen molar-refractivity contribution >= 4 is 0 Å². The third-order valence-electron chi connectivity index (χ3n) is 2.76. The van der Waals surface area contributed by atoms with Crippen LogP contribution in [0.1, 0.15) is 18.1 Å². The molecule has 4 heteroatoms. The minimum Gasteiger partial charge on any atom is -0.438 e. The zero-order chi connectivity index (χ0) is 13.7. The van der Waals surface area contributed by atoms with Crippen LogP contribution in [0.3, 0.4) is 0 Å². The maximum atomic E-state index is 13.1. The van der Waals surface area contributed by atoms with Crippen molar-refractivity contribution < 1.29 is 9.13 Å². The van der Waals surface area contributed by atoms with E-state index in [1.54, 1.807) is 12.3 Å². The number of aromatic nitrogens is 1. The van der Waals surface area contributed by atoms with Crippen molar-refractivity contribution in [3.8, 4) is 11.6 Å². The van der Waals surface area contributed by atoms with E-state index in [2.05, 4.69) is 10.3 Å². The Hall–Kier alpha value is -1.94. The van der Waals surface area contributed by atoms with E-state index >= 15 is 0 Å². The Morgan fingerprint density at radius 1 is 1.32 bits per heavy atom. The van der Waals surface area contributed by atoms with Crippen LogP contribution >= 0.6 is 0 Å². The predicted octanol–water partition coefficient (Wildman–Crippen LogP) is 3.43. The van der Waals surface area contributed by atoms with Crippen LogP contribution in [-0.2, 0) is 6.54 Å². The van der Waals surface area contributed by atoms with Crippen LogP contribution in [0.2, 0.25) is 0 Å². The second-order valence-corrected chi connectivity index (χ2v) is 4.26. The second-order valence-electron chi connectivity index (χ2n) is 4.26. The Bertz CT molecular complexity index is 558. The summed E-state index contributed by atoms with van der Waals surface area (Å²) in [5.41, 5.74) is 1.73. The van der Waals surface area contributed by atoms with Gasteiger partial charge in [-0.1, -0.05) is 13.0 Å². The van der Waals surface area contributed by atoms with Crippen molar-refractivity contribution in [2.75, 3.05) is 6.54 Å². The molecule has 0 fully saturated rings. The lowest BCUT2D eigenvalue weighted by Gasteiger charge is -2.11. The van der Waals surface area contributed by atoms with Crippen LogP contribution in [0.15, 0.2) is 36.5 Å². The molecular weight excluding hydrogens is 243 g/mol. The van der Waals surface area contributed by atoms with Crippen molar-refractivity contribution in [3.63, 3.8) is 0 Å². The highest BCUT2D eigenvalue weighted by molar-refractivity contribution is 5.37. The van der Waals surface area contributed by atoms with Crippen LogP contribution in [0.4, 0.5) is 4.39 Å². The van der Waals surface area contributed by atoms with Gasteiger partial charge in [-0.2, -0.15) is 0 Å². The minimum absolute atomic E-state index is 0.265. The fourth-order valence-corrected chi connectivity index (χ4v) is 1.74. The molecule has 2 rings (SSSR count). The van der Waals surface area contributed by atoms with Gasteiger partial charge in [0.2, 0.25) is 5.88 Å². The molecule has 0 spiro atoms. The SMILES string of the molecule is CCNCc1cccnc1Oc1ccc(F)cc1C. The standard InChI is InChI=1S/C15H17FN2O/c1-3-17-10-12-5-4-8-18-15(12)19-14-7-6-13(16)9-11(14)2/h4-9,17H,3,10H2,1-2H3. The first-order chi connectivity index (χ1) is 9.20. The number of nitrogens with one attached hydrogen (secondary N) is 1. The number of hydrogen-bond donors (Lipinski definition) is 1. The first-order valence-electron chi connectivity index (χ1n) is 6.29. The third-order valence-corrected chi connectivity index (χ3v) is 2.76. The van der Waals surface area contributed by atoms with E-state index < -0.39 is 0 Å². The lowest BCUT2D eigenvalue weighted by atomic mass is 10.2. The molecule has 0 saturated heterocycles. The van der Waals surface area contributed by atoms with Gasteiger partial charge in [-0.15, -0.1) is 0 Å². The van der Waals surface area contributed by atoms with Gasteiger partial charge >= 0.3 is 0 Å². The molecule has 1 N–H and O–H groups in total. The molecule has 0 aliphatic carbocycles. The van der Waals surface area contributed by atoms with Gasteiger partial charge in [-0.05, 0) is 43.3 Å². The molecule has 0 bridgehead atoms. The van der Waals surface area contributed by atoms with E-state index in [1.807, 2.05) is 26.0 Å². The van der Waals surface area contributed by atoms with Gasteiger partial charge in [-0.25, -0.2) is 9.37 Å². The fourth-order valence-electron chi connectivity index (χ4n) is 1.74. The third kappa shape index (κ3) is 3.51. The monoisotopic (exact) mass is 260 g/mol. The average Bonchev–Trinajstić information content (AvgIpc) is 2.41. The molecule has 3 nitrogen and oxygen atoms in total. The summed E-state index contributed by atoms with van der Waals surface area (Å²) in [5, 5.41) is 3.23. The Balaban J connectivity index is 2.22. The molecule has 0 unspecified atom stereocenters. The molecule has 1 aromatic carbocycles. The largest absolute Gasteiger partial charge is 0.438 e. The molecule has 0 aliphatic heterocycles. The fraction of sp³-hybridized carbons (Fsp3) is 0.267. The zero-order valence-corrected chi connectivity index (χ0v) is 11.1. The van der Waals surface area contributed by atoms with Crippen LogP contribution < -0.4 is 10.1 Å². The first kappa shape index (κ1) is 13.5. The summed E-state index contributed by atoms with van der Waals surface area (Å²) in [6, 6.07) is 8.29. The number of halogens is 1. The molecule has 1 aromatic heterocycles. The van der Waals surface area contributed by atoms with E-state index in [9.17, 15) is 4.39 Å². The molecule has 0 amide bonds. The van der Waals surface area contributed by atoms with Crippen LogP contribution in [0.25, 0.3) is 0 Å². The number of aryl methyl sites for hydroxylation is 1. The number of benzene rings is 1. The molecule has 0 radical (unpaired) electrons. The highest BCUT2D eigenvalue weighted by Gasteiger charge is 2.08. The Kier molecular flexibility index (Phi) is 4.47. The first-order valence-corrected chi connectivity index (χ1v) is 6.29. The topological polar surface area (TPSA) is 34.2 Å². The van der Waals surface area contributed by atoms with Gasteiger partial charge in [0, 0.05) is 18.3 Å². The summed E-state index contributed by atoms with van der Waals surface area (Å²) < 4.78 is 18.8. The Morgan fingerprint density at radius 3 is 2.89 bits per heavy atom. The van der Waals surface area contributed by atoms with Gasteiger partial charge in [0.15, 0.2) is 0 Å². The number of pyridine rings is 1. The summed E-state index contributed by atoms with van der Waals surface area (Å²) in [7, 11) is 0. The second kappa shape index (κ2) is 6.29. The Morgan fingerprint density at radius 2 is 2.16 bits per heavy atom. The van der Waals surface area contributed by atoms with Crippen molar-refractivity contribution in [2.24, 2.45) is 0 Å². The molecule has 0 aliphatic rings. The van der Waals surface area contributed by atoms with Crippen molar-refractivity contribution in [1.82, 2.24) is 10.3 Å². The van der Waals surface area contributed by atoms with Crippen molar-refractivity contribution in [2.45, 2.75) is 20.4 Å². The molecule has 0 atom stereocenters. The molecule has 1 heterocycles. The van der Waals surface area contributed by atoms with Gasteiger partial charge in [0.25, 0.3) is 0 Å². The summed E-state index contributed by atoms with van der Waals surface area (Å²) in [6.45, 7) is 5.43. The van der Waals surface area contributed by atoms with E-state index in [0.717, 1.165) is 17.7 Å². The highest BCUT2D eigenvalue weighted by Crippen LogP contribution is 2.26. The van der Waals surface area contributed by atoms with Gasteiger partial charge in [0.1, 0.15) is 11.6 Å². The molecule has 100 valence electrons. The molecule has 2 aromatic rings. The van der Waals surface area contributed by atoms with Crippen LogP contribution in [-0.4, -0.2) is 11.5 Å². The van der Waals surface area contributed by atoms with Gasteiger partial charge in [-0.3, -0.25) is 0 Å². The molecular formula is C15H17FN2O. The summed E-state index contributed by atoms with van der Waals surface area (Å²) >= 11 is 0. The number of rotatable bonds is 5. The normalized spacial score (nSPS) is 10.5. The van der Waals surface area contributed by atoms with Crippen LogP contribution in [0.5, 0.6) is 11.6 Å². The van der Waals surface area contributed by atoms with Gasteiger partial charge < -0.3 is 10.1 Å². The maximum Gasteiger partial charge on any atom is 0.223 e. The lowest BCUT2D eigenvalue weighted by molar-refractivity contribution is 0.448. The average molecular weight is 260 g/mol. The van der Waals surface area contributed by atoms with E-state index in [-0.39, 0.29) is 5.82 Å². The summed E-state index contributed by atoms with van der Waals surface area (Å²) in [6.07, 6.45) is 1.68. The zero-order valence-electron chi connectivity index (χ0n) is 11.1. The maximum absolute atomic E-state index is 13.1. The number of nitrogens with zero attached hydrogens (tertiary/aromatic N) is 1. The van der Waals surface area contributed by atoms with Crippen molar-refractivity contribution in [1.29, 1.82) is 0 Å².